The molecule has 0 aliphatic carbocycles. The maximum Gasteiger partial charge on any atom is 0.194 e. The SMILES string of the molecule is CCNC(=NCC(c1c(F)cccc1F)N(C)C)N1CCN(Cc2cc(C)on2)CC1.I. The monoisotopic (exact) mass is 562 g/mol. The summed E-state index contributed by atoms with van der Waals surface area (Å²) in [6.07, 6.45) is 0. The van der Waals surface area contributed by atoms with Crippen molar-refractivity contribution in [3.8, 4) is 0 Å². The van der Waals surface area contributed by atoms with Crippen molar-refractivity contribution in [2.45, 2.75) is 26.4 Å². The summed E-state index contributed by atoms with van der Waals surface area (Å²) in [7, 11) is 3.62. The highest BCUT2D eigenvalue weighted by Gasteiger charge is 2.24. The first kappa shape index (κ1) is 26.5. The minimum Gasteiger partial charge on any atom is -0.361 e. The second kappa shape index (κ2) is 12.4. The number of hydrogen-bond donors (Lipinski definition) is 1. The van der Waals surface area contributed by atoms with Crippen LogP contribution in [0.4, 0.5) is 8.78 Å². The van der Waals surface area contributed by atoms with E-state index in [1.807, 2.05) is 34.0 Å². The largest absolute Gasteiger partial charge is 0.361 e. The molecule has 0 spiro atoms. The first-order valence-electron chi connectivity index (χ1n) is 10.7. The van der Waals surface area contributed by atoms with Gasteiger partial charge in [-0.15, -0.1) is 24.0 Å². The van der Waals surface area contributed by atoms with E-state index in [-0.39, 0.29) is 36.1 Å². The van der Waals surface area contributed by atoms with Gasteiger partial charge in [-0.1, -0.05) is 11.2 Å². The molecule has 1 aromatic heterocycles. The Kier molecular flexibility index (Phi) is 10.3. The Morgan fingerprint density at radius 1 is 1.22 bits per heavy atom. The number of halogens is 3. The van der Waals surface area contributed by atoms with Gasteiger partial charge in [0, 0.05) is 50.9 Å². The number of guanidine groups is 1. The van der Waals surface area contributed by atoms with E-state index in [4.69, 9.17) is 9.52 Å². The van der Waals surface area contributed by atoms with Crippen LogP contribution in [0.5, 0.6) is 0 Å². The molecule has 0 radical (unpaired) electrons. The molecule has 7 nitrogen and oxygen atoms in total. The zero-order chi connectivity index (χ0) is 22.4. The number of aromatic nitrogens is 1. The summed E-state index contributed by atoms with van der Waals surface area (Å²) in [6, 6.07) is 5.43. The Labute approximate surface area is 205 Å². The first-order valence-corrected chi connectivity index (χ1v) is 10.7. The summed E-state index contributed by atoms with van der Waals surface area (Å²) in [5.41, 5.74) is 0.993. The van der Waals surface area contributed by atoms with Crippen LogP contribution in [0.1, 0.15) is 30.0 Å². The van der Waals surface area contributed by atoms with Gasteiger partial charge < -0.3 is 19.6 Å². The normalized spacial score (nSPS) is 16.2. The number of rotatable bonds is 7. The summed E-state index contributed by atoms with van der Waals surface area (Å²) < 4.78 is 33.9. The molecule has 1 fully saturated rings. The van der Waals surface area contributed by atoms with Gasteiger partial charge in [0.1, 0.15) is 17.4 Å². The van der Waals surface area contributed by atoms with E-state index < -0.39 is 17.7 Å². The number of likely N-dealkylation sites (N-methyl/N-ethyl adjacent to an activating group) is 1. The Balaban J connectivity index is 0.00000363. The van der Waals surface area contributed by atoms with Crippen LogP contribution >= 0.6 is 24.0 Å². The molecule has 3 rings (SSSR count). The summed E-state index contributed by atoms with van der Waals surface area (Å²) in [5, 5.41) is 7.39. The van der Waals surface area contributed by atoms with Gasteiger partial charge in [-0.3, -0.25) is 9.89 Å². The molecular weight excluding hydrogens is 529 g/mol. The molecule has 178 valence electrons. The van der Waals surface area contributed by atoms with Gasteiger partial charge in [0.05, 0.1) is 18.3 Å². The first-order chi connectivity index (χ1) is 14.9. The molecule has 0 saturated carbocycles. The van der Waals surface area contributed by atoms with E-state index in [2.05, 4.69) is 20.3 Å². The summed E-state index contributed by atoms with van der Waals surface area (Å²) >= 11 is 0. The fourth-order valence-corrected chi connectivity index (χ4v) is 3.78. The highest BCUT2D eigenvalue weighted by atomic mass is 127. The lowest BCUT2D eigenvalue weighted by Crippen LogP contribution is -2.52. The Morgan fingerprint density at radius 3 is 2.41 bits per heavy atom. The Hall–Kier alpha value is -1.79. The fourth-order valence-electron chi connectivity index (χ4n) is 3.78. The van der Waals surface area contributed by atoms with Gasteiger partial charge in [0.25, 0.3) is 0 Å². The highest BCUT2D eigenvalue weighted by molar-refractivity contribution is 14.0. The van der Waals surface area contributed by atoms with Crippen LogP contribution in [-0.4, -0.2) is 79.2 Å². The van der Waals surface area contributed by atoms with Crippen LogP contribution in [-0.2, 0) is 6.54 Å². The van der Waals surface area contributed by atoms with Gasteiger partial charge in [0.15, 0.2) is 5.96 Å². The number of nitrogens with zero attached hydrogens (tertiary/aromatic N) is 5. The average Bonchev–Trinajstić information content (AvgIpc) is 3.14. The van der Waals surface area contributed by atoms with Gasteiger partial charge in [-0.05, 0) is 40.1 Å². The van der Waals surface area contributed by atoms with Crippen molar-refractivity contribution in [1.82, 2.24) is 25.2 Å². The molecule has 2 aromatic rings. The third-order valence-electron chi connectivity index (χ3n) is 5.44. The van der Waals surface area contributed by atoms with E-state index in [0.29, 0.717) is 0 Å². The van der Waals surface area contributed by atoms with Crippen LogP contribution in [0.15, 0.2) is 33.8 Å². The van der Waals surface area contributed by atoms with Crippen molar-refractivity contribution in [2.75, 3.05) is 53.4 Å². The lowest BCUT2D eigenvalue weighted by Gasteiger charge is -2.36. The van der Waals surface area contributed by atoms with Gasteiger partial charge in [-0.2, -0.15) is 0 Å². The molecule has 32 heavy (non-hydrogen) atoms. The van der Waals surface area contributed by atoms with Crippen LogP contribution in [0.25, 0.3) is 0 Å². The van der Waals surface area contributed by atoms with Crippen molar-refractivity contribution in [2.24, 2.45) is 4.99 Å². The lowest BCUT2D eigenvalue weighted by atomic mass is 10.0. The van der Waals surface area contributed by atoms with Crippen LogP contribution < -0.4 is 5.32 Å². The third-order valence-corrected chi connectivity index (χ3v) is 5.44. The lowest BCUT2D eigenvalue weighted by molar-refractivity contribution is 0.168. The average molecular weight is 562 g/mol. The Morgan fingerprint density at radius 2 is 1.88 bits per heavy atom. The molecular formula is C22H33F2IN6O. The van der Waals surface area contributed by atoms with Crippen LogP contribution in [0.2, 0.25) is 0 Å². The fraction of sp³-hybridized carbons (Fsp3) is 0.545. The molecule has 1 atom stereocenters. The smallest absolute Gasteiger partial charge is 0.194 e. The highest BCUT2D eigenvalue weighted by Crippen LogP contribution is 2.25. The predicted molar refractivity (Wildman–Crippen MR) is 132 cm³/mol. The number of nitrogens with one attached hydrogen (secondary N) is 1. The standard InChI is InChI=1S/C22H32F2N6O.HI/c1-5-25-22(26-14-20(28(3)4)21-18(23)7-6-8-19(21)24)30-11-9-29(10-12-30)15-17-13-16(2)31-27-17;/h6-8,13,20H,5,9-12,14-15H2,1-4H3,(H,25,26);1H. The number of piperazine rings is 1. The van der Waals surface area contributed by atoms with E-state index in [9.17, 15) is 8.78 Å². The minimum absolute atomic E-state index is 0. The van der Waals surface area contributed by atoms with Crippen LogP contribution in [0, 0.1) is 18.6 Å². The summed E-state index contributed by atoms with van der Waals surface area (Å²) in [4.78, 5) is 11.1. The van der Waals surface area contributed by atoms with Crippen molar-refractivity contribution < 1.29 is 13.3 Å². The maximum absolute atomic E-state index is 14.4. The zero-order valence-electron chi connectivity index (χ0n) is 19.1. The number of hydrogen-bond acceptors (Lipinski definition) is 5. The molecule has 0 bridgehead atoms. The molecule has 1 unspecified atom stereocenters. The van der Waals surface area contributed by atoms with Crippen molar-refractivity contribution >= 4 is 29.9 Å². The van der Waals surface area contributed by atoms with Gasteiger partial charge in [0.2, 0.25) is 0 Å². The van der Waals surface area contributed by atoms with Crippen molar-refractivity contribution in [1.29, 1.82) is 0 Å². The molecule has 1 N–H and O–H groups in total. The molecule has 10 heteroatoms. The summed E-state index contributed by atoms with van der Waals surface area (Å²) in [6.45, 7) is 9.00. The second-order valence-corrected chi connectivity index (χ2v) is 8.00. The van der Waals surface area contributed by atoms with E-state index in [0.717, 1.165) is 56.7 Å². The number of aryl methyl sites for hydroxylation is 1. The molecule has 0 amide bonds. The molecule has 1 aliphatic rings. The molecule has 1 saturated heterocycles. The van der Waals surface area contributed by atoms with E-state index in [1.54, 1.807) is 4.90 Å². The maximum atomic E-state index is 14.4. The zero-order valence-corrected chi connectivity index (χ0v) is 21.5. The van der Waals surface area contributed by atoms with Crippen LogP contribution in [0.3, 0.4) is 0 Å². The molecule has 2 heterocycles. The number of aliphatic imine (C=N–C) groups is 1. The number of benzene rings is 1. The predicted octanol–water partition coefficient (Wildman–Crippen LogP) is 3.27. The quantitative estimate of drug-likeness (QED) is 0.318. The van der Waals surface area contributed by atoms with E-state index in [1.165, 1.54) is 18.2 Å². The third kappa shape index (κ3) is 6.85. The van der Waals surface area contributed by atoms with Crippen molar-refractivity contribution in [3.05, 3.63) is 52.9 Å². The van der Waals surface area contributed by atoms with E-state index >= 15 is 0 Å². The molecule has 1 aromatic carbocycles. The van der Waals surface area contributed by atoms with Gasteiger partial charge >= 0.3 is 0 Å². The van der Waals surface area contributed by atoms with Gasteiger partial charge in [-0.25, -0.2) is 8.78 Å². The summed E-state index contributed by atoms with van der Waals surface area (Å²) in [5.74, 6) is 0.492. The topological polar surface area (TPSA) is 60.1 Å². The second-order valence-electron chi connectivity index (χ2n) is 8.00. The molecule has 1 aliphatic heterocycles. The Bertz CT molecular complexity index is 863. The minimum atomic E-state index is -0.546. The van der Waals surface area contributed by atoms with Crippen molar-refractivity contribution in [3.63, 3.8) is 0 Å².